The molecule has 1 aromatic carbocycles. The molecule has 108 valence electrons. The van der Waals surface area contributed by atoms with E-state index >= 15 is 0 Å². The zero-order valence-electron chi connectivity index (χ0n) is 12.1. The van der Waals surface area contributed by atoms with Gasteiger partial charge in [0.25, 0.3) is 0 Å². The van der Waals surface area contributed by atoms with Crippen LogP contribution >= 0.6 is 0 Å². The van der Waals surface area contributed by atoms with E-state index < -0.39 is 0 Å². The molecule has 0 amide bonds. The summed E-state index contributed by atoms with van der Waals surface area (Å²) in [6, 6.07) is 7.60. The highest BCUT2D eigenvalue weighted by molar-refractivity contribution is 5.44. The van der Waals surface area contributed by atoms with Crippen LogP contribution in [0.25, 0.3) is 0 Å². The normalized spacial score (nSPS) is 21.0. The van der Waals surface area contributed by atoms with Crippen molar-refractivity contribution < 1.29 is 14.2 Å². The van der Waals surface area contributed by atoms with Crippen molar-refractivity contribution in [2.24, 2.45) is 0 Å². The first-order chi connectivity index (χ1) is 9.69. The molecule has 0 bridgehead atoms. The van der Waals surface area contributed by atoms with Crippen LogP contribution in [0.1, 0.15) is 18.5 Å². The van der Waals surface area contributed by atoms with Gasteiger partial charge in [0, 0.05) is 24.7 Å². The average Bonchev–Trinajstić information content (AvgIpc) is 2.48. The van der Waals surface area contributed by atoms with Crippen molar-refractivity contribution in [1.29, 1.82) is 5.26 Å². The van der Waals surface area contributed by atoms with E-state index in [-0.39, 0.29) is 12.1 Å². The highest BCUT2D eigenvalue weighted by Gasteiger charge is 2.27. The molecule has 0 spiro atoms. The van der Waals surface area contributed by atoms with Gasteiger partial charge in [-0.3, -0.25) is 4.90 Å². The minimum atomic E-state index is -0.331. The Balaban J connectivity index is 2.29. The van der Waals surface area contributed by atoms with Gasteiger partial charge in [-0.05, 0) is 19.1 Å². The smallest absolute Gasteiger partial charge is 0.128 e. The molecular formula is C15H20N2O3. The SMILES string of the molecule is COc1ccc([C@@H](C#N)N2CCO[C@H](C)C2)c(OC)c1. The first-order valence-corrected chi connectivity index (χ1v) is 6.66. The molecule has 0 radical (unpaired) electrons. The largest absolute Gasteiger partial charge is 0.497 e. The Kier molecular flexibility index (Phi) is 4.83. The van der Waals surface area contributed by atoms with E-state index in [1.807, 2.05) is 25.1 Å². The van der Waals surface area contributed by atoms with E-state index in [0.29, 0.717) is 12.4 Å². The summed E-state index contributed by atoms with van der Waals surface area (Å²) < 4.78 is 16.1. The Morgan fingerprint density at radius 1 is 1.40 bits per heavy atom. The molecule has 2 rings (SSSR count). The molecule has 0 aromatic heterocycles. The van der Waals surface area contributed by atoms with Crippen molar-refractivity contribution in [1.82, 2.24) is 4.90 Å². The van der Waals surface area contributed by atoms with Crippen molar-refractivity contribution in [3.8, 4) is 17.6 Å². The third-order valence-corrected chi connectivity index (χ3v) is 3.50. The molecule has 0 aliphatic carbocycles. The Bertz CT molecular complexity index is 498. The molecule has 20 heavy (non-hydrogen) atoms. The molecule has 1 heterocycles. The van der Waals surface area contributed by atoms with E-state index in [2.05, 4.69) is 11.0 Å². The van der Waals surface area contributed by atoms with Crippen molar-refractivity contribution >= 4 is 0 Å². The van der Waals surface area contributed by atoms with Crippen LogP contribution in [0.4, 0.5) is 0 Å². The van der Waals surface area contributed by atoms with Gasteiger partial charge in [0.1, 0.15) is 17.5 Å². The zero-order chi connectivity index (χ0) is 14.5. The van der Waals surface area contributed by atoms with Crippen LogP contribution in [-0.4, -0.2) is 44.9 Å². The number of hydrogen-bond acceptors (Lipinski definition) is 5. The number of benzene rings is 1. The van der Waals surface area contributed by atoms with Gasteiger partial charge in [-0.15, -0.1) is 0 Å². The first-order valence-electron chi connectivity index (χ1n) is 6.66. The Labute approximate surface area is 119 Å². The Hall–Kier alpha value is -1.77. The average molecular weight is 276 g/mol. The summed E-state index contributed by atoms with van der Waals surface area (Å²) in [6.45, 7) is 4.16. The van der Waals surface area contributed by atoms with E-state index in [4.69, 9.17) is 14.2 Å². The van der Waals surface area contributed by atoms with Gasteiger partial charge in [0.2, 0.25) is 0 Å². The maximum absolute atomic E-state index is 9.55. The minimum Gasteiger partial charge on any atom is -0.497 e. The van der Waals surface area contributed by atoms with Crippen LogP contribution in [0.3, 0.4) is 0 Å². The summed E-state index contributed by atoms with van der Waals surface area (Å²) in [7, 11) is 3.22. The fourth-order valence-corrected chi connectivity index (χ4v) is 2.47. The third-order valence-electron chi connectivity index (χ3n) is 3.50. The fourth-order valence-electron chi connectivity index (χ4n) is 2.47. The molecule has 0 saturated carbocycles. The topological polar surface area (TPSA) is 54.7 Å². The summed E-state index contributed by atoms with van der Waals surface area (Å²) in [6.07, 6.45) is 0.142. The van der Waals surface area contributed by atoms with Gasteiger partial charge >= 0.3 is 0 Å². The molecule has 5 nitrogen and oxygen atoms in total. The second-order valence-corrected chi connectivity index (χ2v) is 4.82. The van der Waals surface area contributed by atoms with Crippen LogP contribution in [0.2, 0.25) is 0 Å². The fraction of sp³-hybridized carbons (Fsp3) is 0.533. The number of rotatable bonds is 4. The van der Waals surface area contributed by atoms with Crippen LogP contribution in [0.5, 0.6) is 11.5 Å². The minimum absolute atomic E-state index is 0.142. The molecule has 1 aliphatic heterocycles. The molecule has 1 saturated heterocycles. The lowest BCUT2D eigenvalue weighted by Crippen LogP contribution is -2.42. The predicted molar refractivity (Wildman–Crippen MR) is 74.9 cm³/mol. The molecule has 0 N–H and O–H groups in total. The second-order valence-electron chi connectivity index (χ2n) is 4.82. The summed E-state index contributed by atoms with van der Waals surface area (Å²) in [5.41, 5.74) is 0.866. The zero-order valence-corrected chi connectivity index (χ0v) is 12.1. The van der Waals surface area contributed by atoms with Crippen molar-refractivity contribution in [3.63, 3.8) is 0 Å². The van der Waals surface area contributed by atoms with Crippen molar-refractivity contribution in [3.05, 3.63) is 23.8 Å². The van der Waals surface area contributed by atoms with Crippen molar-refractivity contribution in [2.45, 2.75) is 19.1 Å². The van der Waals surface area contributed by atoms with E-state index in [1.165, 1.54) is 0 Å². The highest BCUT2D eigenvalue weighted by Crippen LogP contribution is 2.33. The summed E-state index contributed by atoms with van der Waals surface area (Å²) >= 11 is 0. The van der Waals surface area contributed by atoms with Gasteiger partial charge < -0.3 is 14.2 Å². The highest BCUT2D eigenvalue weighted by atomic mass is 16.5. The van der Waals surface area contributed by atoms with Crippen LogP contribution in [-0.2, 0) is 4.74 Å². The Morgan fingerprint density at radius 2 is 2.20 bits per heavy atom. The third kappa shape index (κ3) is 3.03. The lowest BCUT2D eigenvalue weighted by atomic mass is 10.0. The molecular weight excluding hydrogens is 256 g/mol. The lowest BCUT2D eigenvalue weighted by Gasteiger charge is -2.34. The predicted octanol–water partition coefficient (Wildman–Crippen LogP) is 1.99. The molecule has 0 unspecified atom stereocenters. The van der Waals surface area contributed by atoms with E-state index in [9.17, 15) is 5.26 Å². The Morgan fingerprint density at radius 3 is 2.80 bits per heavy atom. The van der Waals surface area contributed by atoms with Gasteiger partial charge in [-0.2, -0.15) is 5.26 Å². The van der Waals surface area contributed by atoms with Gasteiger partial charge in [-0.25, -0.2) is 0 Å². The van der Waals surface area contributed by atoms with E-state index in [1.54, 1.807) is 14.2 Å². The number of nitrogens with zero attached hydrogens (tertiary/aromatic N) is 2. The molecule has 5 heteroatoms. The second kappa shape index (κ2) is 6.60. The van der Waals surface area contributed by atoms with Gasteiger partial charge in [-0.1, -0.05) is 0 Å². The number of methoxy groups -OCH3 is 2. The molecule has 1 aromatic rings. The standard InChI is InChI=1S/C15H20N2O3/c1-11-10-17(6-7-20-11)14(9-16)13-5-4-12(18-2)8-15(13)19-3/h4-5,8,11,14H,6-7,10H2,1-3H3/t11-,14-/m1/s1. The number of hydrogen-bond donors (Lipinski definition) is 0. The maximum Gasteiger partial charge on any atom is 0.128 e. The monoisotopic (exact) mass is 276 g/mol. The molecule has 1 fully saturated rings. The van der Waals surface area contributed by atoms with Crippen LogP contribution < -0.4 is 9.47 Å². The van der Waals surface area contributed by atoms with Crippen molar-refractivity contribution in [2.75, 3.05) is 33.9 Å². The molecule has 2 atom stereocenters. The van der Waals surface area contributed by atoms with E-state index in [0.717, 1.165) is 24.4 Å². The van der Waals surface area contributed by atoms with Gasteiger partial charge in [0.15, 0.2) is 0 Å². The number of morpholine rings is 1. The summed E-state index contributed by atoms with van der Waals surface area (Å²) in [5.74, 6) is 1.40. The quantitative estimate of drug-likeness (QED) is 0.841. The summed E-state index contributed by atoms with van der Waals surface area (Å²) in [5, 5.41) is 9.55. The lowest BCUT2D eigenvalue weighted by molar-refractivity contribution is -0.0271. The number of ether oxygens (including phenoxy) is 3. The first kappa shape index (κ1) is 14.6. The maximum atomic E-state index is 9.55. The van der Waals surface area contributed by atoms with Gasteiger partial charge in [0.05, 0.1) is 33.0 Å². The van der Waals surface area contributed by atoms with Crippen LogP contribution in [0, 0.1) is 11.3 Å². The van der Waals surface area contributed by atoms with Crippen LogP contribution in [0.15, 0.2) is 18.2 Å². The summed E-state index contributed by atoms with van der Waals surface area (Å²) in [4.78, 5) is 2.12. The molecule has 1 aliphatic rings. The number of nitriles is 1.